The maximum absolute atomic E-state index is 7.08. The van der Waals surface area contributed by atoms with Gasteiger partial charge in [-0.3, -0.25) is 4.57 Å². The topological polar surface area (TPSA) is 57.8 Å². The second kappa shape index (κ2) is 13.8. The third-order valence-corrected chi connectivity index (χ3v) is 12.7. The molecule has 4 heterocycles. The van der Waals surface area contributed by atoms with Gasteiger partial charge in [-0.2, -0.15) is 9.97 Å². The molecular formula is C57H37N5O. The van der Waals surface area contributed by atoms with Crippen LogP contribution in [0.1, 0.15) is 18.1 Å². The third kappa shape index (κ3) is 5.41. The largest absolute Gasteiger partial charge is 0.454 e. The normalized spacial score (nSPS) is 12.8. The third-order valence-electron chi connectivity index (χ3n) is 12.7. The summed E-state index contributed by atoms with van der Waals surface area (Å²) in [5, 5.41) is 9.07. The van der Waals surface area contributed by atoms with E-state index in [0.717, 1.165) is 106 Å². The average Bonchev–Trinajstić information content (AvgIpc) is 3.87. The Bertz CT molecular complexity index is 3860. The summed E-state index contributed by atoms with van der Waals surface area (Å²) in [5.74, 6) is 3.53. The van der Waals surface area contributed by atoms with Crippen LogP contribution < -0.4 is 4.74 Å². The van der Waals surface area contributed by atoms with Gasteiger partial charge in [0, 0.05) is 50.2 Å². The second-order valence-electron chi connectivity index (χ2n) is 16.4. The van der Waals surface area contributed by atoms with E-state index in [0.29, 0.717) is 17.6 Å². The Balaban J connectivity index is 1.15. The molecule has 3 aromatic heterocycles. The van der Waals surface area contributed by atoms with Crippen molar-refractivity contribution in [3.05, 3.63) is 211 Å². The number of para-hydroxylation sites is 3. The van der Waals surface area contributed by atoms with Crippen molar-refractivity contribution < 1.29 is 4.74 Å². The van der Waals surface area contributed by atoms with Crippen molar-refractivity contribution in [1.29, 1.82) is 0 Å². The molecule has 0 spiro atoms. The summed E-state index contributed by atoms with van der Waals surface area (Å²) in [7, 11) is 0. The predicted octanol–water partition coefficient (Wildman–Crippen LogP) is 14.1. The highest BCUT2D eigenvalue weighted by Crippen LogP contribution is 2.46. The zero-order chi connectivity index (χ0) is 41.6. The van der Waals surface area contributed by atoms with Gasteiger partial charge in [0.15, 0.2) is 17.4 Å². The van der Waals surface area contributed by atoms with Gasteiger partial charge in [-0.15, -0.1) is 0 Å². The Kier molecular flexibility index (Phi) is 7.78. The summed E-state index contributed by atoms with van der Waals surface area (Å²) in [6, 6.07) is 68.4. The Morgan fingerprint density at radius 2 is 1.02 bits per heavy atom. The van der Waals surface area contributed by atoms with E-state index < -0.39 is 0 Å². The number of allylic oxidation sites excluding steroid dienone is 1. The number of hydrogen-bond acceptors (Lipinski definition) is 4. The number of aromatic nitrogens is 5. The van der Waals surface area contributed by atoms with Gasteiger partial charge in [-0.1, -0.05) is 170 Å². The molecule has 63 heavy (non-hydrogen) atoms. The van der Waals surface area contributed by atoms with Crippen molar-refractivity contribution in [3.8, 4) is 40.2 Å². The van der Waals surface area contributed by atoms with Gasteiger partial charge in [-0.05, 0) is 58.3 Å². The maximum atomic E-state index is 7.08. The first-order valence-corrected chi connectivity index (χ1v) is 21.4. The molecule has 0 N–H and O–H groups in total. The fraction of sp³-hybridized carbons (Fsp3) is 0.0351. The van der Waals surface area contributed by atoms with E-state index in [9.17, 15) is 0 Å². The molecule has 0 aliphatic carbocycles. The highest BCUT2D eigenvalue weighted by Gasteiger charge is 2.27. The predicted molar refractivity (Wildman–Crippen MR) is 258 cm³/mol. The fourth-order valence-corrected chi connectivity index (χ4v) is 9.95. The van der Waals surface area contributed by atoms with Crippen LogP contribution in [0.3, 0.4) is 0 Å². The molecule has 0 bridgehead atoms. The van der Waals surface area contributed by atoms with Crippen LogP contribution in [0, 0.1) is 0 Å². The van der Waals surface area contributed by atoms with E-state index in [-0.39, 0.29) is 0 Å². The van der Waals surface area contributed by atoms with Crippen molar-refractivity contribution in [2.75, 3.05) is 0 Å². The van der Waals surface area contributed by atoms with E-state index in [1.165, 1.54) is 11.0 Å². The quantitative estimate of drug-likeness (QED) is 0.163. The molecule has 9 aromatic carbocycles. The fourth-order valence-electron chi connectivity index (χ4n) is 9.95. The van der Waals surface area contributed by atoms with E-state index in [1.807, 2.05) is 24.3 Å². The van der Waals surface area contributed by atoms with E-state index in [1.54, 1.807) is 0 Å². The molecule has 12 aromatic rings. The number of benzene rings is 9. The summed E-state index contributed by atoms with van der Waals surface area (Å²) in [5.41, 5.74) is 10.4. The van der Waals surface area contributed by atoms with Crippen LogP contribution >= 0.6 is 0 Å². The minimum Gasteiger partial charge on any atom is -0.454 e. The number of rotatable bonds is 5. The molecule has 1 aliphatic rings. The summed E-state index contributed by atoms with van der Waals surface area (Å²) in [6.45, 7) is 2.17. The number of fused-ring (bicyclic) bond motifs is 11. The number of ether oxygens (including phenoxy) is 1. The lowest BCUT2D eigenvalue weighted by molar-refractivity contribution is 0.489. The van der Waals surface area contributed by atoms with Crippen molar-refractivity contribution >= 4 is 70.9 Å². The van der Waals surface area contributed by atoms with Crippen LogP contribution in [0.4, 0.5) is 0 Å². The zero-order valence-electron chi connectivity index (χ0n) is 34.3. The van der Waals surface area contributed by atoms with Crippen molar-refractivity contribution in [3.63, 3.8) is 0 Å². The van der Waals surface area contributed by atoms with Crippen LogP contribution in [-0.4, -0.2) is 24.1 Å². The molecule has 0 fully saturated rings. The summed E-state index contributed by atoms with van der Waals surface area (Å²) < 4.78 is 11.8. The summed E-state index contributed by atoms with van der Waals surface area (Å²) in [4.78, 5) is 16.2. The Labute approximate surface area is 362 Å². The van der Waals surface area contributed by atoms with E-state index in [4.69, 9.17) is 19.7 Å². The highest BCUT2D eigenvalue weighted by molar-refractivity contribution is 6.24. The monoisotopic (exact) mass is 807 g/mol. The van der Waals surface area contributed by atoms with Crippen molar-refractivity contribution in [2.45, 2.75) is 13.3 Å². The molecule has 6 heteroatoms. The van der Waals surface area contributed by atoms with Crippen molar-refractivity contribution in [1.82, 2.24) is 24.1 Å². The van der Waals surface area contributed by atoms with Gasteiger partial charge in [-0.25, -0.2) is 4.98 Å². The van der Waals surface area contributed by atoms with E-state index >= 15 is 0 Å². The average molecular weight is 808 g/mol. The zero-order valence-corrected chi connectivity index (χ0v) is 34.3. The minimum absolute atomic E-state index is 0.544. The van der Waals surface area contributed by atoms with Gasteiger partial charge < -0.3 is 9.30 Å². The Morgan fingerprint density at radius 1 is 0.444 bits per heavy atom. The Hall–Kier alpha value is -8.35. The molecule has 0 saturated carbocycles. The first-order chi connectivity index (χ1) is 31.2. The lowest BCUT2D eigenvalue weighted by Crippen LogP contribution is -2.11. The smallest absolute Gasteiger partial charge is 0.238 e. The first kappa shape index (κ1) is 35.4. The standard InChI is InChI=1S/C57H37N5O/c1-35-33-39-22-16-30-50(54(39)63-53(35)36-17-4-2-5-18-36)61-48-28-14-12-26-43(48)45-31-32-46-44-27-13-15-29-49(44)62(52(46)51(45)61)57-59-55(37-19-6-3-7-20-37)58-56(60-57)47-34-38-21-8-9-23-40(38)41-24-10-11-25-42(41)47/h2-32,34H,33H2,1H3. The lowest BCUT2D eigenvalue weighted by Gasteiger charge is -2.25. The first-order valence-electron chi connectivity index (χ1n) is 21.4. The summed E-state index contributed by atoms with van der Waals surface area (Å²) >= 11 is 0. The lowest BCUT2D eigenvalue weighted by atomic mass is 9.97. The molecule has 0 radical (unpaired) electrons. The van der Waals surface area contributed by atoms with E-state index in [2.05, 4.69) is 186 Å². The van der Waals surface area contributed by atoms with Crippen LogP contribution in [-0.2, 0) is 6.42 Å². The summed E-state index contributed by atoms with van der Waals surface area (Å²) in [6.07, 6.45) is 0.791. The van der Waals surface area contributed by atoms with Crippen LogP contribution in [0.25, 0.3) is 105 Å². The molecule has 13 rings (SSSR count). The van der Waals surface area contributed by atoms with Gasteiger partial charge in [0.2, 0.25) is 5.95 Å². The molecule has 0 atom stereocenters. The molecule has 296 valence electrons. The SMILES string of the molecule is CC1=C(c2ccccc2)Oc2c(cccc2-n2c3ccccc3c3ccc4c5ccccc5n(-c5nc(-c6ccccc6)nc(-c6cc7ccccc7c7ccccc67)n5)c4c32)C1. The van der Waals surface area contributed by atoms with Gasteiger partial charge in [0.05, 0.1) is 27.8 Å². The van der Waals surface area contributed by atoms with Crippen LogP contribution in [0.2, 0.25) is 0 Å². The van der Waals surface area contributed by atoms with Gasteiger partial charge >= 0.3 is 0 Å². The molecule has 1 aliphatic heterocycles. The molecule has 6 nitrogen and oxygen atoms in total. The van der Waals surface area contributed by atoms with Crippen molar-refractivity contribution in [2.24, 2.45) is 0 Å². The number of nitrogens with zero attached hydrogens (tertiary/aromatic N) is 5. The molecular weight excluding hydrogens is 771 g/mol. The number of hydrogen-bond donors (Lipinski definition) is 0. The van der Waals surface area contributed by atoms with Gasteiger partial charge in [0.1, 0.15) is 5.76 Å². The molecule has 0 saturated heterocycles. The highest BCUT2D eigenvalue weighted by atomic mass is 16.5. The molecule has 0 amide bonds. The molecule has 0 unspecified atom stereocenters. The van der Waals surface area contributed by atoms with Gasteiger partial charge in [0.25, 0.3) is 0 Å². The van der Waals surface area contributed by atoms with Crippen LogP contribution in [0.5, 0.6) is 5.75 Å². The van der Waals surface area contributed by atoms with Crippen LogP contribution in [0.15, 0.2) is 200 Å². The minimum atomic E-state index is 0.544. The Morgan fingerprint density at radius 3 is 1.75 bits per heavy atom. The second-order valence-corrected chi connectivity index (χ2v) is 16.4. The maximum Gasteiger partial charge on any atom is 0.238 e.